The number of ketones is 1. The highest BCUT2D eigenvalue weighted by atomic mass is 16.3. The molecule has 1 aromatic rings. The minimum atomic E-state index is -0.0742. The van der Waals surface area contributed by atoms with Crippen molar-refractivity contribution in [3.63, 3.8) is 0 Å². The van der Waals surface area contributed by atoms with Crippen LogP contribution in [0.5, 0.6) is 0 Å². The molecule has 1 aromatic carbocycles. The molecule has 0 heterocycles. The molecular weight excluding hydrogens is 302 g/mol. The van der Waals surface area contributed by atoms with E-state index in [4.69, 9.17) is 0 Å². The minimum Gasteiger partial charge on any atom is -0.396 e. The number of fused-ring (bicyclic) bond motifs is 1. The van der Waals surface area contributed by atoms with Gasteiger partial charge in [-0.25, -0.2) is 0 Å². The quantitative estimate of drug-likeness (QED) is 0.789. The standard InChI is InChI=1S/C20H27NO3/c22-13-17-4-1-2-7-18(17)21-20(24)11-10-19(23)16-9-8-14-5-3-6-15(14)12-16/h8-9,12,17-18,22H,1-7,10-11,13H2,(H,21,24). The molecule has 2 N–H and O–H groups in total. The number of aliphatic hydroxyl groups excluding tert-OH is 1. The summed E-state index contributed by atoms with van der Waals surface area (Å²) in [6, 6.07) is 6.02. The van der Waals surface area contributed by atoms with Gasteiger partial charge in [0.2, 0.25) is 5.91 Å². The van der Waals surface area contributed by atoms with Crippen molar-refractivity contribution < 1.29 is 14.7 Å². The predicted molar refractivity (Wildman–Crippen MR) is 93.0 cm³/mol. The molecule has 1 saturated carbocycles. The zero-order chi connectivity index (χ0) is 16.9. The number of nitrogens with one attached hydrogen (secondary N) is 1. The number of carbonyl (C=O) groups excluding carboxylic acids is 2. The van der Waals surface area contributed by atoms with Crippen LogP contribution in [0.15, 0.2) is 18.2 Å². The van der Waals surface area contributed by atoms with Crippen LogP contribution in [-0.4, -0.2) is 29.4 Å². The third-order valence-electron chi connectivity index (χ3n) is 5.49. The van der Waals surface area contributed by atoms with Gasteiger partial charge in [0.15, 0.2) is 5.78 Å². The molecule has 0 spiro atoms. The number of hydrogen-bond donors (Lipinski definition) is 2. The summed E-state index contributed by atoms with van der Waals surface area (Å²) in [6.07, 6.45) is 7.92. The summed E-state index contributed by atoms with van der Waals surface area (Å²) in [5, 5.41) is 12.4. The SMILES string of the molecule is O=C(CCC(=O)c1ccc2c(c1)CCC2)NC1CCCCC1CO. The van der Waals surface area contributed by atoms with E-state index in [1.54, 1.807) is 0 Å². The van der Waals surface area contributed by atoms with Gasteiger partial charge in [0.25, 0.3) is 0 Å². The number of aliphatic hydroxyl groups is 1. The van der Waals surface area contributed by atoms with Crippen LogP contribution in [0.3, 0.4) is 0 Å². The van der Waals surface area contributed by atoms with Crippen molar-refractivity contribution in [2.45, 2.75) is 63.8 Å². The maximum atomic E-state index is 12.3. The molecule has 0 saturated heterocycles. The fourth-order valence-electron chi connectivity index (χ4n) is 4.01. The summed E-state index contributed by atoms with van der Waals surface area (Å²) in [5.74, 6) is 0.132. The summed E-state index contributed by atoms with van der Waals surface area (Å²) in [4.78, 5) is 24.5. The Hall–Kier alpha value is -1.68. The Morgan fingerprint density at radius 1 is 1.04 bits per heavy atom. The van der Waals surface area contributed by atoms with Gasteiger partial charge in [-0.2, -0.15) is 0 Å². The molecule has 3 rings (SSSR count). The van der Waals surface area contributed by atoms with Gasteiger partial charge < -0.3 is 10.4 Å². The maximum Gasteiger partial charge on any atom is 0.220 e. The van der Waals surface area contributed by atoms with Crippen LogP contribution >= 0.6 is 0 Å². The number of Topliss-reactive ketones (excluding diaryl/α,β-unsaturated/α-hetero) is 1. The van der Waals surface area contributed by atoms with Gasteiger partial charge in [-0.15, -0.1) is 0 Å². The monoisotopic (exact) mass is 329 g/mol. The van der Waals surface area contributed by atoms with Gasteiger partial charge in [0.05, 0.1) is 0 Å². The summed E-state index contributed by atoms with van der Waals surface area (Å²) in [7, 11) is 0. The summed E-state index contributed by atoms with van der Waals surface area (Å²) < 4.78 is 0. The highest BCUT2D eigenvalue weighted by Crippen LogP contribution is 2.25. The Kier molecular flexibility index (Phi) is 5.67. The van der Waals surface area contributed by atoms with Crippen LogP contribution < -0.4 is 5.32 Å². The van der Waals surface area contributed by atoms with Gasteiger partial charge in [-0.05, 0) is 49.3 Å². The lowest BCUT2D eigenvalue weighted by Gasteiger charge is -2.30. The number of carbonyl (C=O) groups is 2. The second-order valence-electron chi connectivity index (χ2n) is 7.16. The van der Waals surface area contributed by atoms with E-state index in [9.17, 15) is 14.7 Å². The van der Waals surface area contributed by atoms with Crippen LogP contribution in [0.4, 0.5) is 0 Å². The van der Waals surface area contributed by atoms with Crippen molar-refractivity contribution in [1.29, 1.82) is 0 Å². The second-order valence-corrected chi connectivity index (χ2v) is 7.16. The van der Waals surface area contributed by atoms with Crippen molar-refractivity contribution in [2.75, 3.05) is 6.61 Å². The lowest BCUT2D eigenvalue weighted by molar-refractivity contribution is -0.122. The Morgan fingerprint density at radius 3 is 2.67 bits per heavy atom. The van der Waals surface area contributed by atoms with Gasteiger partial charge in [0.1, 0.15) is 0 Å². The highest BCUT2D eigenvalue weighted by molar-refractivity contribution is 5.98. The van der Waals surface area contributed by atoms with E-state index in [0.29, 0.717) is 0 Å². The normalized spacial score (nSPS) is 22.9. The molecule has 0 aliphatic heterocycles. The van der Waals surface area contributed by atoms with Crippen LogP contribution in [0, 0.1) is 5.92 Å². The lowest BCUT2D eigenvalue weighted by Crippen LogP contribution is -2.43. The smallest absolute Gasteiger partial charge is 0.220 e. The molecule has 0 bridgehead atoms. The van der Waals surface area contributed by atoms with Crippen molar-refractivity contribution in [3.8, 4) is 0 Å². The zero-order valence-electron chi connectivity index (χ0n) is 14.2. The number of aryl methyl sites for hydroxylation is 2. The Labute approximate surface area is 143 Å². The molecule has 2 aliphatic carbocycles. The van der Waals surface area contributed by atoms with E-state index < -0.39 is 0 Å². The first-order valence-electron chi connectivity index (χ1n) is 9.22. The topological polar surface area (TPSA) is 66.4 Å². The van der Waals surface area contributed by atoms with Crippen molar-refractivity contribution >= 4 is 11.7 Å². The molecule has 4 heteroatoms. The first kappa shape index (κ1) is 17.2. The van der Waals surface area contributed by atoms with E-state index in [2.05, 4.69) is 11.4 Å². The Balaban J connectivity index is 1.49. The highest BCUT2D eigenvalue weighted by Gasteiger charge is 2.25. The predicted octanol–water partition coefficient (Wildman–Crippen LogP) is 2.81. The van der Waals surface area contributed by atoms with Crippen molar-refractivity contribution in [2.24, 2.45) is 5.92 Å². The number of benzene rings is 1. The van der Waals surface area contributed by atoms with E-state index in [-0.39, 0.29) is 43.1 Å². The van der Waals surface area contributed by atoms with E-state index >= 15 is 0 Å². The molecule has 2 aliphatic rings. The van der Waals surface area contributed by atoms with Gasteiger partial charge in [-0.1, -0.05) is 25.0 Å². The van der Waals surface area contributed by atoms with Gasteiger partial charge in [-0.3, -0.25) is 9.59 Å². The first-order chi connectivity index (χ1) is 11.7. The number of rotatable bonds is 6. The summed E-state index contributed by atoms with van der Waals surface area (Å²) in [6.45, 7) is 0.124. The molecular formula is C20H27NO3. The third kappa shape index (κ3) is 4.04. The number of amides is 1. The molecule has 0 radical (unpaired) electrons. The maximum absolute atomic E-state index is 12.3. The average Bonchev–Trinajstić information content (AvgIpc) is 3.07. The van der Waals surface area contributed by atoms with Crippen molar-refractivity contribution in [3.05, 3.63) is 34.9 Å². The Bertz CT molecular complexity index is 611. The van der Waals surface area contributed by atoms with E-state index in [1.807, 2.05) is 12.1 Å². The first-order valence-corrected chi connectivity index (χ1v) is 9.22. The second kappa shape index (κ2) is 7.93. The van der Waals surface area contributed by atoms with Gasteiger partial charge in [0, 0.05) is 37.0 Å². The molecule has 2 unspecified atom stereocenters. The zero-order valence-corrected chi connectivity index (χ0v) is 14.2. The molecule has 1 fully saturated rings. The summed E-state index contributed by atoms with van der Waals surface area (Å²) in [5.41, 5.74) is 3.38. The minimum absolute atomic E-state index is 0.0437. The average molecular weight is 329 g/mol. The van der Waals surface area contributed by atoms with Crippen LogP contribution in [0.25, 0.3) is 0 Å². The molecule has 4 nitrogen and oxygen atoms in total. The van der Waals surface area contributed by atoms with Crippen molar-refractivity contribution in [1.82, 2.24) is 5.32 Å². The van der Waals surface area contributed by atoms with E-state index in [1.165, 1.54) is 17.5 Å². The fourth-order valence-corrected chi connectivity index (χ4v) is 4.01. The van der Waals surface area contributed by atoms with Crippen LogP contribution in [-0.2, 0) is 17.6 Å². The van der Waals surface area contributed by atoms with Crippen LogP contribution in [0.2, 0.25) is 0 Å². The third-order valence-corrected chi connectivity index (χ3v) is 5.49. The number of hydrogen-bond acceptors (Lipinski definition) is 3. The van der Waals surface area contributed by atoms with Crippen LogP contribution in [0.1, 0.15) is 66.4 Å². The molecule has 1 amide bonds. The fraction of sp³-hybridized carbons (Fsp3) is 0.600. The Morgan fingerprint density at radius 2 is 1.83 bits per heavy atom. The van der Waals surface area contributed by atoms with E-state index in [0.717, 1.165) is 44.1 Å². The summed E-state index contributed by atoms with van der Waals surface area (Å²) >= 11 is 0. The van der Waals surface area contributed by atoms with Gasteiger partial charge >= 0.3 is 0 Å². The molecule has 0 aromatic heterocycles. The molecule has 2 atom stereocenters. The largest absolute Gasteiger partial charge is 0.396 e. The molecule has 130 valence electrons. The lowest BCUT2D eigenvalue weighted by atomic mass is 9.85. The molecule has 24 heavy (non-hydrogen) atoms.